The fraction of sp³-hybridized carbons (Fsp3) is 0.250. The molecule has 1 N–H and O–H groups in total. The molecule has 0 aromatic heterocycles. The summed E-state index contributed by atoms with van der Waals surface area (Å²) in [7, 11) is 0. The van der Waals surface area contributed by atoms with Gasteiger partial charge in [-0.1, -0.05) is 36.5 Å². The van der Waals surface area contributed by atoms with Crippen LogP contribution < -0.4 is 5.32 Å². The molecule has 1 fully saturated rings. The number of nitrogens with one attached hydrogen (secondary N) is 1. The van der Waals surface area contributed by atoms with Crippen LogP contribution in [0.5, 0.6) is 0 Å². The summed E-state index contributed by atoms with van der Waals surface area (Å²) in [6.45, 7) is 0. The molecule has 2 unspecified atom stereocenters. The first-order valence-corrected chi connectivity index (χ1v) is 3.24. The molecule has 0 amide bonds. The van der Waals surface area contributed by atoms with E-state index >= 15 is 0 Å². The highest BCUT2D eigenvalue weighted by molar-refractivity contribution is 5.27. The van der Waals surface area contributed by atoms with Gasteiger partial charge in [0.1, 0.15) is 0 Å². The summed E-state index contributed by atoms with van der Waals surface area (Å²) in [5.74, 6) is 0. The normalized spacial score (nSPS) is 48.0. The minimum Gasteiger partial charge on any atom is -0.301 e. The monoisotopic (exact) mass is 119 g/mol. The first-order chi connectivity index (χ1) is 4.47. The third kappa shape index (κ3) is 0.958. The second-order valence-corrected chi connectivity index (χ2v) is 2.37. The second kappa shape index (κ2) is 1.85. The van der Waals surface area contributed by atoms with Crippen molar-refractivity contribution < 1.29 is 0 Å². The Morgan fingerprint density at radius 2 is 1.33 bits per heavy atom. The van der Waals surface area contributed by atoms with E-state index in [1.54, 1.807) is 0 Å². The lowest BCUT2D eigenvalue weighted by Crippen LogP contribution is -1.84. The zero-order chi connectivity index (χ0) is 6.10. The standard InChI is InChI=1S/C8H9N/c1-2-4-6-8-7(9-8)5-3-1/h1-9H/b2-1-,5-3+,6-4+. The summed E-state index contributed by atoms with van der Waals surface area (Å²) in [6.07, 6.45) is 12.6. The highest BCUT2D eigenvalue weighted by Crippen LogP contribution is 2.14. The molecule has 2 atom stereocenters. The van der Waals surface area contributed by atoms with Crippen molar-refractivity contribution in [3.8, 4) is 0 Å². The molecule has 1 saturated heterocycles. The van der Waals surface area contributed by atoms with Crippen LogP contribution in [0.2, 0.25) is 0 Å². The van der Waals surface area contributed by atoms with Gasteiger partial charge in [-0.2, -0.15) is 0 Å². The average Bonchev–Trinajstić information content (AvgIpc) is 2.46. The Bertz CT molecular complexity index is 169. The van der Waals surface area contributed by atoms with Gasteiger partial charge in [0.05, 0.1) is 0 Å². The van der Waals surface area contributed by atoms with E-state index in [0.29, 0.717) is 12.1 Å². The van der Waals surface area contributed by atoms with Crippen LogP contribution in [0, 0.1) is 0 Å². The fourth-order valence-electron chi connectivity index (χ4n) is 1.01. The van der Waals surface area contributed by atoms with Gasteiger partial charge in [-0.25, -0.2) is 0 Å². The maximum Gasteiger partial charge on any atom is 0.0450 e. The van der Waals surface area contributed by atoms with E-state index in [9.17, 15) is 0 Å². The van der Waals surface area contributed by atoms with Gasteiger partial charge in [0.2, 0.25) is 0 Å². The minimum atomic E-state index is 0.617. The van der Waals surface area contributed by atoms with Crippen LogP contribution in [-0.4, -0.2) is 12.1 Å². The highest BCUT2D eigenvalue weighted by atomic mass is 15.1. The highest BCUT2D eigenvalue weighted by Gasteiger charge is 2.30. The average molecular weight is 119 g/mol. The summed E-state index contributed by atoms with van der Waals surface area (Å²) in [6, 6.07) is 1.23. The number of fused-ring (bicyclic) bond motifs is 1. The van der Waals surface area contributed by atoms with Gasteiger partial charge in [0.15, 0.2) is 0 Å². The SMILES string of the molecule is C1=C\C=C\C2NC2/C=C/1. The third-order valence-electron chi connectivity index (χ3n) is 1.63. The van der Waals surface area contributed by atoms with Crippen molar-refractivity contribution >= 4 is 0 Å². The van der Waals surface area contributed by atoms with E-state index in [1.165, 1.54) is 0 Å². The van der Waals surface area contributed by atoms with E-state index in [1.807, 2.05) is 12.2 Å². The predicted octanol–water partition coefficient (Wildman–Crippen LogP) is 1.01. The number of rotatable bonds is 0. The van der Waals surface area contributed by atoms with Crippen molar-refractivity contribution in [1.82, 2.24) is 5.32 Å². The molecule has 0 aromatic rings. The number of allylic oxidation sites excluding steroid dienone is 4. The molecule has 0 spiro atoms. The first-order valence-electron chi connectivity index (χ1n) is 3.24. The van der Waals surface area contributed by atoms with Crippen molar-refractivity contribution in [3.63, 3.8) is 0 Å². The lowest BCUT2D eigenvalue weighted by atomic mass is 10.2. The van der Waals surface area contributed by atoms with Gasteiger partial charge in [0.25, 0.3) is 0 Å². The molecule has 0 saturated carbocycles. The van der Waals surface area contributed by atoms with Crippen LogP contribution in [-0.2, 0) is 0 Å². The Balaban J connectivity index is 2.19. The van der Waals surface area contributed by atoms with Crippen molar-refractivity contribution in [1.29, 1.82) is 0 Å². The van der Waals surface area contributed by atoms with Crippen LogP contribution in [0.15, 0.2) is 36.5 Å². The molecule has 46 valence electrons. The second-order valence-electron chi connectivity index (χ2n) is 2.37. The maximum absolute atomic E-state index is 3.30. The Kier molecular flexibility index (Phi) is 1.03. The zero-order valence-electron chi connectivity index (χ0n) is 5.12. The predicted molar refractivity (Wildman–Crippen MR) is 38.1 cm³/mol. The molecule has 1 aliphatic carbocycles. The van der Waals surface area contributed by atoms with Gasteiger partial charge >= 0.3 is 0 Å². The fourth-order valence-corrected chi connectivity index (χ4v) is 1.01. The summed E-state index contributed by atoms with van der Waals surface area (Å²) in [5.41, 5.74) is 0. The van der Waals surface area contributed by atoms with Crippen LogP contribution in [0.4, 0.5) is 0 Å². The van der Waals surface area contributed by atoms with Gasteiger partial charge in [0, 0.05) is 12.1 Å². The van der Waals surface area contributed by atoms with Crippen LogP contribution in [0.3, 0.4) is 0 Å². The van der Waals surface area contributed by atoms with E-state index in [0.717, 1.165) is 0 Å². The van der Waals surface area contributed by atoms with E-state index < -0.39 is 0 Å². The molecule has 1 nitrogen and oxygen atoms in total. The van der Waals surface area contributed by atoms with E-state index in [4.69, 9.17) is 0 Å². The van der Waals surface area contributed by atoms with Gasteiger partial charge in [-0.15, -0.1) is 0 Å². The topological polar surface area (TPSA) is 21.9 Å². The summed E-state index contributed by atoms with van der Waals surface area (Å²) < 4.78 is 0. The van der Waals surface area contributed by atoms with Crippen molar-refractivity contribution in [2.24, 2.45) is 0 Å². The van der Waals surface area contributed by atoms with E-state index in [-0.39, 0.29) is 0 Å². The number of hydrogen-bond acceptors (Lipinski definition) is 1. The molecular weight excluding hydrogens is 110 g/mol. The molecule has 1 heteroatoms. The summed E-state index contributed by atoms with van der Waals surface area (Å²) >= 11 is 0. The molecule has 2 rings (SSSR count). The summed E-state index contributed by atoms with van der Waals surface area (Å²) in [5, 5.41) is 3.30. The Morgan fingerprint density at radius 1 is 0.778 bits per heavy atom. The Morgan fingerprint density at radius 3 is 1.89 bits per heavy atom. The molecule has 0 bridgehead atoms. The van der Waals surface area contributed by atoms with Crippen LogP contribution >= 0.6 is 0 Å². The first kappa shape index (κ1) is 5.00. The van der Waals surface area contributed by atoms with Gasteiger partial charge in [-0.3, -0.25) is 0 Å². The Hall–Kier alpha value is -0.820. The van der Waals surface area contributed by atoms with Crippen molar-refractivity contribution in [2.45, 2.75) is 12.1 Å². The minimum absolute atomic E-state index is 0.617. The van der Waals surface area contributed by atoms with Crippen LogP contribution in [0.1, 0.15) is 0 Å². The number of hydrogen-bond donors (Lipinski definition) is 1. The van der Waals surface area contributed by atoms with E-state index in [2.05, 4.69) is 29.6 Å². The quantitative estimate of drug-likeness (QED) is 0.472. The molecule has 9 heavy (non-hydrogen) atoms. The van der Waals surface area contributed by atoms with Gasteiger partial charge < -0.3 is 5.32 Å². The molecule has 2 aliphatic rings. The Labute approximate surface area is 54.8 Å². The molecular formula is C8H9N. The lowest BCUT2D eigenvalue weighted by molar-refractivity contribution is 1.20. The summed E-state index contributed by atoms with van der Waals surface area (Å²) in [4.78, 5) is 0. The molecule has 1 aliphatic heterocycles. The largest absolute Gasteiger partial charge is 0.301 e. The van der Waals surface area contributed by atoms with Crippen LogP contribution in [0.25, 0.3) is 0 Å². The smallest absolute Gasteiger partial charge is 0.0450 e. The molecule has 1 heterocycles. The van der Waals surface area contributed by atoms with Crippen molar-refractivity contribution in [3.05, 3.63) is 36.5 Å². The lowest BCUT2D eigenvalue weighted by Gasteiger charge is -1.83. The van der Waals surface area contributed by atoms with Crippen molar-refractivity contribution in [2.75, 3.05) is 0 Å². The maximum atomic E-state index is 3.30. The zero-order valence-corrected chi connectivity index (χ0v) is 5.12. The molecule has 0 aromatic carbocycles. The third-order valence-corrected chi connectivity index (χ3v) is 1.63. The molecule has 0 radical (unpaired) electrons. The van der Waals surface area contributed by atoms with Gasteiger partial charge in [-0.05, 0) is 0 Å².